The summed E-state index contributed by atoms with van der Waals surface area (Å²) in [5.74, 6) is -0.495. The van der Waals surface area contributed by atoms with Gasteiger partial charge in [0.25, 0.3) is 0 Å². The largest absolute Gasteiger partial charge is 0.353 e. The molecule has 0 aliphatic carbocycles. The Morgan fingerprint density at radius 1 is 0.520 bits per heavy atom. The van der Waals surface area contributed by atoms with Gasteiger partial charge in [-0.15, -0.1) is 0 Å². The molecule has 0 aromatic carbocycles. The predicted molar refractivity (Wildman–Crippen MR) is 215 cm³/mol. The summed E-state index contributed by atoms with van der Waals surface area (Å²) in [6.07, 6.45) is 50.5. The molecule has 0 aromatic heterocycles. The fourth-order valence-electron chi connectivity index (χ4n) is 7.31. The Bertz CT molecular complexity index is 848. The zero-order valence-corrected chi connectivity index (χ0v) is 33.6. The van der Waals surface area contributed by atoms with Gasteiger partial charge >= 0.3 is 0 Å². The molecule has 2 fully saturated rings. The highest BCUT2D eigenvalue weighted by Gasteiger charge is 2.58. The van der Waals surface area contributed by atoms with Crippen LogP contribution in [-0.2, 0) is 18.9 Å². The summed E-state index contributed by atoms with van der Waals surface area (Å²) in [5, 5.41) is 0. The maximum absolute atomic E-state index is 6.89. The molecular weight excluding hydrogens is 618 g/mol. The van der Waals surface area contributed by atoms with Gasteiger partial charge < -0.3 is 23.8 Å². The SMILES string of the molecule is CCCCC/C=C\C/C=C\CCCCCCCCC1(CCCCCCCC/C=C\C/C=C\CCCCC)OC2C(CN(C)C)OC(OC)C2O1. The topological polar surface area (TPSA) is 40.2 Å². The zero-order chi connectivity index (χ0) is 36.0. The molecule has 0 amide bonds. The first kappa shape index (κ1) is 44.9. The summed E-state index contributed by atoms with van der Waals surface area (Å²) >= 11 is 0. The standard InChI is InChI=1S/C45H81NO4/c1-6-8-10-12-14-16-18-20-22-24-26-28-30-32-34-36-38-45(49-42-41(40-46(3)4)48-44(47-5)43(42)50-45)39-37-35-33-31-29-27-25-23-21-19-17-15-13-11-9-7-2/h14-17,20-23,41-44H,6-13,18-19,24-40H2,1-5H3/b16-14-,17-15-,22-20-,23-21-. The van der Waals surface area contributed by atoms with Crippen molar-refractivity contribution in [2.45, 2.75) is 211 Å². The van der Waals surface area contributed by atoms with Crippen LogP contribution in [0.2, 0.25) is 0 Å². The maximum atomic E-state index is 6.89. The van der Waals surface area contributed by atoms with Crippen LogP contribution in [0.15, 0.2) is 48.6 Å². The van der Waals surface area contributed by atoms with Crippen LogP contribution in [0.5, 0.6) is 0 Å². The molecule has 0 saturated carbocycles. The number of hydrogen-bond donors (Lipinski definition) is 0. The molecular formula is C45H81NO4. The highest BCUT2D eigenvalue weighted by Crippen LogP contribution is 2.44. The van der Waals surface area contributed by atoms with Gasteiger partial charge in [-0.25, -0.2) is 0 Å². The Balaban J connectivity index is 1.66. The molecule has 4 atom stereocenters. The van der Waals surface area contributed by atoms with Crippen LogP contribution in [-0.4, -0.2) is 63.0 Å². The average Bonchev–Trinajstić information content (AvgIpc) is 3.63. The predicted octanol–water partition coefficient (Wildman–Crippen LogP) is 12.8. The van der Waals surface area contributed by atoms with Crippen molar-refractivity contribution in [1.29, 1.82) is 0 Å². The van der Waals surface area contributed by atoms with E-state index in [0.29, 0.717) is 0 Å². The molecule has 5 heteroatoms. The lowest BCUT2D eigenvalue weighted by Gasteiger charge is -2.32. The average molecular weight is 700 g/mol. The molecule has 2 rings (SSSR count). The van der Waals surface area contributed by atoms with Crippen molar-refractivity contribution in [2.75, 3.05) is 27.7 Å². The van der Waals surface area contributed by atoms with E-state index in [2.05, 4.69) is 81.5 Å². The van der Waals surface area contributed by atoms with Crippen molar-refractivity contribution >= 4 is 0 Å². The summed E-state index contributed by atoms with van der Waals surface area (Å²) in [6.45, 7) is 5.35. The van der Waals surface area contributed by atoms with Gasteiger partial charge in [0.1, 0.15) is 18.3 Å². The van der Waals surface area contributed by atoms with Crippen LogP contribution in [0.25, 0.3) is 0 Å². The van der Waals surface area contributed by atoms with Crippen molar-refractivity contribution in [3.63, 3.8) is 0 Å². The zero-order valence-electron chi connectivity index (χ0n) is 33.6. The second-order valence-corrected chi connectivity index (χ2v) is 15.3. The van der Waals surface area contributed by atoms with Crippen molar-refractivity contribution in [2.24, 2.45) is 0 Å². The van der Waals surface area contributed by atoms with E-state index < -0.39 is 5.79 Å². The number of ether oxygens (including phenoxy) is 4. The van der Waals surface area contributed by atoms with Crippen molar-refractivity contribution in [3.8, 4) is 0 Å². The third kappa shape index (κ3) is 20.7. The molecule has 2 aliphatic heterocycles. The van der Waals surface area contributed by atoms with E-state index in [-0.39, 0.29) is 24.6 Å². The summed E-state index contributed by atoms with van der Waals surface area (Å²) in [6, 6.07) is 0. The highest BCUT2D eigenvalue weighted by molar-refractivity contribution is 4.98. The lowest BCUT2D eigenvalue weighted by atomic mass is 9.98. The van der Waals surface area contributed by atoms with E-state index in [1.165, 1.54) is 128 Å². The third-order valence-electron chi connectivity index (χ3n) is 10.3. The third-order valence-corrected chi connectivity index (χ3v) is 10.3. The monoisotopic (exact) mass is 700 g/mol. The van der Waals surface area contributed by atoms with Crippen molar-refractivity contribution in [3.05, 3.63) is 48.6 Å². The minimum absolute atomic E-state index is 0.0199. The Kier molecular flexibility index (Phi) is 27.2. The fraction of sp³-hybridized carbons (Fsp3) is 0.822. The molecule has 0 aromatic rings. The van der Waals surface area contributed by atoms with Crippen LogP contribution in [0.1, 0.15) is 181 Å². The maximum Gasteiger partial charge on any atom is 0.186 e. The molecule has 0 bridgehead atoms. The summed E-state index contributed by atoms with van der Waals surface area (Å²) in [5.41, 5.74) is 0. The van der Waals surface area contributed by atoms with Crippen molar-refractivity contribution < 1.29 is 18.9 Å². The second kappa shape index (κ2) is 30.2. The van der Waals surface area contributed by atoms with Gasteiger partial charge in [0, 0.05) is 26.5 Å². The minimum atomic E-state index is -0.495. The smallest absolute Gasteiger partial charge is 0.186 e. The van der Waals surface area contributed by atoms with Crippen LogP contribution >= 0.6 is 0 Å². The Morgan fingerprint density at radius 3 is 1.34 bits per heavy atom. The molecule has 0 radical (unpaired) electrons. The second-order valence-electron chi connectivity index (χ2n) is 15.3. The molecule has 2 aliphatic rings. The van der Waals surface area contributed by atoms with Gasteiger partial charge in [-0.1, -0.05) is 140 Å². The quantitative estimate of drug-likeness (QED) is 0.0504. The number of nitrogens with zero attached hydrogens (tertiary/aromatic N) is 1. The lowest BCUT2D eigenvalue weighted by molar-refractivity contribution is -0.248. The van der Waals surface area contributed by atoms with Gasteiger partial charge in [-0.05, 0) is 91.1 Å². The van der Waals surface area contributed by atoms with Gasteiger partial charge in [0.15, 0.2) is 12.1 Å². The molecule has 0 spiro atoms. The van der Waals surface area contributed by atoms with Gasteiger partial charge in [-0.3, -0.25) is 0 Å². The van der Waals surface area contributed by atoms with E-state index in [1.54, 1.807) is 7.11 Å². The molecule has 50 heavy (non-hydrogen) atoms. The summed E-state index contributed by atoms with van der Waals surface area (Å²) in [7, 11) is 5.92. The van der Waals surface area contributed by atoms with Gasteiger partial charge in [-0.2, -0.15) is 0 Å². The van der Waals surface area contributed by atoms with Gasteiger partial charge in [0.2, 0.25) is 0 Å². The van der Waals surface area contributed by atoms with E-state index in [0.717, 1.165) is 45.1 Å². The minimum Gasteiger partial charge on any atom is -0.353 e. The van der Waals surface area contributed by atoms with E-state index in [4.69, 9.17) is 18.9 Å². The summed E-state index contributed by atoms with van der Waals surface area (Å²) < 4.78 is 25.7. The number of methoxy groups -OCH3 is 1. The Labute approximate surface area is 310 Å². The first-order chi connectivity index (χ1) is 24.5. The highest BCUT2D eigenvalue weighted by atomic mass is 16.8. The van der Waals surface area contributed by atoms with Crippen molar-refractivity contribution in [1.82, 2.24) is 4.90 Å². The molecule has 4 unspecified atom stereocenters. The molecule has 5 nitrogen and oxygen atoms in total. The Morgan fingerprint density at radius 2 is 0.920 bits per heavy atom. The fourth-order valence-corrected chi connectivity index (χ4v) is 7.31. The van der Waals surface area contributed by atoms with E-state index in [1.807, 2.05) is 0 Å². The Hall–Kier alpha value is -1.24. The van der Waals surface area contributed by atoms with Gasteiger partial charge in [0.05, 0.1) is 0 Å². The van der Waals surface area contributed by atoms with Crippen LogP contribution in [0.4, 0.5) is 0 Å². The number of likely N-dealkylation sites (N-methyl/N-ethyl adjacent to an activating group) is 1. The van der Waals surface area contributed by atoms with Crippen LogP contribution in [0.3, 0.4) is 0 Å². The number of unbranched alkanes of at least 4 members (excludes halogenated alkanes) is 18. The number of hydrogen-bond acceptors (Lipinski definition) is 5. The molecule has 2 heterocycles. The van der Waals surface area contributed by atoms with E-state index >= 15 is 0 Å². The van der Waals surface area contributed by atoms with E-state index in [9.17, 15) is 0 Å². The normalized spacial score (nSPS) is 22.1. The lowest BCUT2D eigenvalue weighted by Crippen LogP contribution is -2.39. The summed E-state index contributed by atoms with van der Waals surface area (Å²) in [4.78, 5) is 2.17. The molecule has 290 valence electrons. The van der Waals surface area contributed by atoms with Crippen LogP contribution in [0, 0.1) is 0 Å². The molecule has 2 saturated heterocycles. The first-order valence-electron chi connectivity index (χ1n) is 21.3. The number of fused-ring (bicyclic) bond motifs is 1. The number of rotatable bonds is 33. The first-order valence-corrected chi connectivity index (χ1v) is 21.3. The number of allylic oxidation sites excluding steroid dienone is 8. The molecule has 0 N–H and O–H groups in total. The van der Waals surface area contributed by atoms with Crippen LogP contribution < -0.4 is 0 Å².